The lowest BCUT2D eigenvalue weighted by Crippen LogP contribution is -2.23. The van der Waals surface area contributed by atoms with Gasteiger partial charge in [-0.15, -0.1) is 0 Å². The van der Waals surface area contributed by atoms with Crippen molar-refractivity contribution in [2.24, 2.45) is 21.5 Å². The number of anilines is 2. The highest BCUT2D eigenvalue weighted by molar-refractivity contribution is 6.31. The third-order valence-electron chi connectivity index (χ3n) is 6.38. The SMILES string of the molecule is NCCCOc1ccc(Cl)cc1NC(=O)N=c1cnc2ccccc2n1O.NCCCOc1ccc(Cl)cc1NC(=O)N=c1cnccn1O. The number of nitrogens with one attached hydrogen (secondary N) is 2. The zero-order valence-corrected chi connectivity index (χ0v) is 28.0. The molecular weight excluding hydrogens is 691 g/mol. The Balaban J connectivity index is 0.000000228. The maximum Gasteiger partial charge on any atom is 0.347 e. The van der Waals surface area contributed by atoms with E-state index in [-0.39, 0.29) is 11.0 Å². The number of fused-ring (bicyclic) bond motifs is 1. The first kappa shape index (κ1) is 37.1. The van der Waals surface area contributed by atoms with Crippen molar-refractivity contribution < 1.29 is 29.5 Å². The second-order valence-electron chi connectivity index (χ2n) is 10.0. The highest BCUT2D eigenvalue weighted by Gasteiger charge is 2.11. The third kappa shape index (κ3) is 10.9. The minimum Gasteiger partial charge on any atom is -0.491 e. The molecule has 262 valence electrons. The summed E-state index contributed by atoms with van der Waals surface area (Å²) in [6.45, 7) is 1.82. The average molecular weight is 726 g/mol. The predicted octanol–water partition coefficient (Wildman–Crippen LogP) is 4.42. The first-order valence-electron chi connectivity index (χ1n) is 15.0. The summed E-state index contributed by atoms with van der Waals surface area (Å²) in [5, 5.41) is 25.8. The van der Waals surface area contributed by atoms with Crippen LogP contribution in [0, 0.1) is 0 Å². The minimum absolute atomic E-state index is 0.0150. The average Bonchev–Trinajstić information content (AvgIpc) is 3.09. The number of aromatic nitrogens is 4. The van der Waals surface area contributed by atoms with E-state index in [0.29, 0.717) is 87.8 Å². The van der Waals surface area contributed by atoms with E-state index in [0.717, 1.165) is 4.73 Å². The van der Waals surface area contributed by atoms with Crippen LogP contribution in [0.2, 0.25) is 10.0 Å². The van der Waals surface area contributed by atoms with Crippen LogP contribution < -0.4 is 42.6 Å². The molecule has 0 unspecified atom stereocenters. The number of hydrogen-bond acceptors (Lipinski definition) is 10. The summed E-state index contributed by atoms with van der Waals surface area (Å²) in [6, 6.07) is 15.2. The van der Waals surface area contributed by atoms with Gasteiger partial charge in [0.15, 0.2) is 11.0 Å². The lowest BCUT2D eigenvalue weighted by Gasteiger charge is -2.11. The van der Waals surface area contributed by atoms with Crippen LogP contribution in [-0.4, -0.2) is 68.2 Å². The molecule has 8 N–H and O–H groups in total. The van der Waals surface area contributed by atoms with E-state index in [1.807, 2.05) is 0 Å². The molecule has 0 bridgehead atoms. The summed E-state index contributed by atoms with van der Waals surface area (Å²) >= 11 is 11.9. The quantitative estimate of drug-likeness (QED) is 0.0877. The standard InChI is InChI=1S/C18H18ClN5O3.C14H16ClN5O3/c19-12-6-7-16(27-9-3-8-20)14(10-12)22-18(25)23-17-11-21-13-4-1-2-5-15(13)24(17)26;15-10-2-3-12(23-7-1-4-16)11(8-10)18-14(21)19-13-9-17-5-6-20(13)22/h1-2,4-7,10-11,26H,3,8-9,20H2,(H,22,25);2-3,5-6,8-9,22H,1,4,7,16H2,(H,18,21). The Morgan fingerprint density at radius 2 is 1.36 bits per heavy atom. The van der Waals surface area contributed by atoms with Gasteiger partial charge in [-0.05, 0) is 74.5 Å². The van der Waals surface area contributed by atoms with Gasteiger partial charge < -0.3 is 42.0 Å². The molecule has 0 radical (unpaired) electrons. The number of benzene rings is 3. The normalized spacial score (nSPS) is 11.4. The molecule has 4 amide bonds. The number of rotatable bonds is 10. The molecular formula is C32H34Cl2N10O6. The van der Waals surface area contributed by atoms with Gasteiger partial charge in [-0.1, -0.05) is 35.3 Å². The Kier molecular flexibility index (Phi) is 13.9. The zero-order valence-electron chi connectivity index (χ0n) is 26.4. The number of amides is 4. The Hall–Kier alpha value is -5.68. The first-order chi connectivity index (χ1) is 24.2. The Morgan fingerprint density at radius 1 is 0.800 bits per heavy atom. The largest absolute Gasteiger partial charge is 0.491 e. The molecule has 0 saturated heterocycles. The molecule has 16 nitrogen and oxygen atoms in total. The van der Waals surface area contributed by atoms with Crippen LogP contribution in [0.4, 0.5) is 21.0 Å². The number of halogens is 2. The maximum absolute atomic E-state index is 12.3. The second-order valence-corrected chi connectivity index (χ2v) is 10.9. The molecule has 50 heavy (non-hydrogen) atoms. The summed E-state index contributed by atoms with van der Waals surface area (Å²) in [6.07, 6.45) is 6.52. The van der Waals surface area contributed by atoms with Crippen molar-refractivity contribution in [3.8, 4) is 11.5 Å². The number of para-hydroxylation sites is 2. The summed E-state index contributed by atoms with van der Waals surface area (Å²) in [5.41, 5.74) is 12.6. The fourth-order valence-electron chi connectivity index (χ4n) is 4.04. The monoisotopic (exact) mass is 724 g/mol. The van der Waals surface area contributed by atoms with Crippen LogP contribution in [0.25, 0.3) is 11.0 Å². The van der Waals surface area contributed by atoms with Crippen molar-refractivity contribution in [3.63, 3.8) is 0 Å². The number of carbonyl (C=O) groups excluding carboxylic acids is 2. The molecule has 3 aromatic carbocycles. The van der Waals surface area contributed by atoms with Crippen molar-refractivity contribution in [2.75, 3.05) is 36.9 Å². The van der Waals surface area contributed by atoms with Gasteiger partial charge in [0.05, 0.1) is 48.7 Å². The van der Waals surface area contributed by atoms with Gasteiger partial charge in [0.25, 0.3) is 0 Å². The van der Waals surface area contributed by atoms with Gasteiger partial charge in [-0.3, -0.25) is 9.97 Å². The molecule has 2 heterocycles. The molecule has 0 spiro atoms. The summed E-state index contributed by atoms with van der Waals surface area (Å²) in [4.78, 5) is 39.8. The van der Waals surface area contributed by atoms with Crippen molar-refractivity contribution in [1.82, 2.24) is 19.4 Å². The molecule has 0 aliphatic carbocycles. The smallest absolute Gasteiger partial charge is 0.347 e. The van der Waals surface area contributed by atoms with Gasteiger partial charge in [-0.2, -0.15) is 19.4 Å². The Labute approximate surface area is 295 Å². The fourth-order valence-corrected chi connectivity index (χ4v) is 4.38. The van der Waals surface area contributed by atoms with Gasteiger partial charge in [0.2, 0.25) is 0 Å². The second kappa shape index (κ2) is 18.8. The van der Waals surface area contributed by atoms with Crippen LogP contribution in [0.15, 0.2) is 95.4 Å². The molecule has 18 heteroatoms. The van der Waals surface area contributed by atoms with Crippen LogP contribution in [0.3, 0.4) is 0 Å². The lowest BCUT2D eigenvalue weighted by molar-refractivity contribution is 0.170. The molecule has 5 rings (SSSR count). The van der Waals surface area contributed by atoms with Crippen LogP contribution in [0.1, 0.15) is 12.8 Å². The van der Waals surface area contributed by atoms with Gasteiger partial charge >= 0.3 is 12.1 Å². The summed E-state index contributed by atoms with van der Waals surface area (Å²) in [7, 11) is 0. The zero-order chi connectivity index (χ0) is 35.9. The highest BCUT2D eigenvalue weighted by atomic mass is 35.5. The molecule has 0 atom stereocenters. The lowest BCUT2D eigenvalue weighted by atomic mass is 10.3. The molecule has 2 aromatic heterocycles. The molecule has 0 fully saturated rings. The number of hydrogen-bond donors (Lipinski definition) is 6. The van der Waals surface area contributed by atoms with E-state index in [1.165, 1.54) is 24.8 Å². The van der Waals surface area contributed by atoms with E-state index < -0.39 is 12.1 Å². The van der Waals surface area contributed by atoms with E-state index in [9.17, 15) is 20.0 Å². The number of ether oxygens (including phenoxy) is 2. The molecule has 0 aliphatic rings. The van der Waals surface area contributed by atoms with Crippen LogP contribution in [-0.2, 0) is 0 Å². The molecule has 5 aromatic rings. The molecule has 0 saturated carbocycles. The number of carbonyl (C=O) groups is 2. The number of urea groups is 2. The van der Waals surface area contributed by atoms with Gasteiger partial charge in [0.1, 0.15) is 17.0 Å². The first-order valence-corrected chi connectivity index (χ1v) is 15.8. The summed E-state index contributed by atoms with van der Waals surface area (Å²) in [5.74, 6) is 0.902. The number of nitrogens with zero attached hydrogens (tertiary/aromatic N) is 6. The molecule has 0 aliphatic heterocycles. The van der Waals surface area contributed by atoms with E-state index in [2.05, 4.69) is 30.6 Å². The van der Waals surface area contributed by atoms with Crippen molar-refractivity contribution >= 4 is 57.7 Å². The third-order valence-corrected chi connectivity index (χ3v) is 6.85. The van der Waals surface area contributed by atoms with E-state index >= 15 is 0 Å². The van der Waals surface area contributed by atoms with Crippen molar-refractivity contribution in [3.05, 3.63) is 106 Å². The van der Waals surface area contributed by atoms with E-state index in [1.54, 1.807) is 60.7 Å². The van der Waals surface area contributed by atoms with Gasteiger partial charge in [0, 0.05) is 16.2 Å². The topological polar surface area (TPSA) is 230 Å². The van der Waals surface area contributed by atoms with Crippen molar-refractivity contribution in [1.29, 1.82) is 0 Å². The summed E-state index contributed by atoms with van der Waals surface area (Å²) < 4.78 is 12.6. The minimum atomic E-state index is -0.708. The maximum atomic E-state index is 12.3. The van der Waals surface area contributed by atoms with Crippen LogP contribution >= 0.6 is 23.2 Å². The van der Waals surface area contributed by atoms with E-state index in [4.69, 9.17) is 44.1 Å². The predicted molar refractivity (Wildman–Crippen MR) is 187 cm³/mol. The van der Waals surface area contributed by atoms with Gasteiger partial charge in [-0.25, -0.2) is 9.59 Å². The Morgan fingerprint density at radius 3 is 1.92 bits per heavy atom. The highest BCUT2D eigenvalue weighted by Crippen LogP contribution is 2.29. The Bertz CT molecular complexity index is 2070. The number of nitrogens with two attached hydrogens (primary N) is 2. The van der Waals surface area contributed by atoms with Crippen molar-refractivity contribution in [2.45, 2.75) is 12.8 Å². The fraction of sp³-hybridized carbons (Fsp3) is 0.188. The van der Waals surface area contributed by atoms with Crippen LogP contribution in [0.5, 0.6) is 11.5 Å².